The van der Waals surface area contributed by atoms with Crippen LogP contribution in [0.3, 0.4) is 0 Å². The Kier molecular flexibility index (Phi) is 3.08. The predicted octanol–water partition coefficient (Wildman–Crippen LogP) is 2.19. The molecule has 90 valence electrons. The summed E-state index contributed by atoms with van der Waals surface area (Å²) in [5.41, 5.74) is 3.81. The van der Waals surface area contributed by atoms with Crippen LogP contribution in [0.4, 0.5) is 0 Å². The number of rotatable bonds is 3. The quantitative estimate of drug-likeness (QED) is 0.602. The summed E-state index contributed by atoms with van der Waals surface area (Å²) >= 11 is 0. The van der Waals surface area contributed by atoms with E-state index in [-0.39, 0.29) is 0 Å². The summed E-state index contributed by atoms with van der Waals surface area (Å²) in [4.78, 5) is 14.0. The Morgan fingerprint density at radius 3 is 2.88 bits per heavy atom. The van der Waals surface area contributed by atoms with Crippen molar-refractivity contribution in [2.45, 2.75) is 27.4 Å². The molecule has 2 rings (SSSR count). The van der Waals surface area contributed by atoms with E-state index in [2.05, 4.69) is 15.1 Å². The minimum Gasteiger partial charge on any atom is -0.388 e. The largest absolute Gasteiger partial charge is 0.388 e. The normalized spacial score (nSPS) is 10.6. The first-order valence-corrected chi connectivity index (χ1v) is 5.49. The Labute approximate surface area is 100 Å². The van der Waals surface area contributed by atoms with Crippen LogP contribution in [-0.2, 0) is 18.5 Å². The van der Waals surface area contributed by atoms with Gasteiger partial charge in [-0.3, -0.25) is 4.98 Å². The molecule has 0 bridgehead atoms. The molecule has 2 heterocycles. The highest BCUT2D eigenvalue weighted by Gasteiger charge is 2.09. The van der Waals surface area contributed by atoms with Crippen molar-refractivity contribution < 1.29 is 4.84 Å². The maximum Gasteiger partial charge on any atom is 0.174 e. The maximum atomic E-state index is 5.22. The number of nitrogens with zero attached hydrogens (tertiary/aromatic N) is 4. The van der Waals surface area contributed by atoms with Crippen molar-refractivity contribution in [3.63, 3.8) is 0 Å². The van der Waals surface area contributed by atoms with Crippen molar-refractivity contribution >= 4 is 16.7 Å². The van der Waals surface area contributed by atoms with Crippen LogP contribution in [0, 0.1) is 6.92 Å². The summed E-state index contributed by atoms with van der Waals surface area (Å²) in [6.45, 7) is 6.11. The van der Waals surface area contributed by atoms with Crippen LogP contribution in [0.25, 0.3) is 11.0 Å². The molecule has 0 aliphatic rings. The second-order valence-corrected chi connectivity index (χ2v) is 4.16. The lowest BCUT2D eigenvalue weighted by Crippen LogP contribution is -1.99. The number of imidazole rings is 1. The minimum atomic E-state index is 0.371. The lowest BCUT2D eigenvalue weighted by atomic mass is 10.3. The van der Waals surface area contributed by atoms with E-state index in [9.17, 15) is 0 Å². The van der Waals surface area contributed by atoms with Gasteiger partial charge in [0.1, 0.15) is 5.52 Å². The van der Waals surface area contributed by atoms with Gasteiger partial charge in [-0.25, -0.2) is 4.98 Å². The molecule has 2 aromatic heterocycles. The molecule has 0 aliphatic heterocycles. The predicted molar refractivity (Wildman–Crippen MR) is 66.8 cm³/mol. The van der Waals surface area contributed by atoms with Crippen LogP contribution in [0.5, 0.6) is 0 Å². The molecule has 0 aromatic carbocycles. The van der Waals surface area contributed by atoms with Gasteiger partial charge in [0, 0.05) is 13.2 Å². The van der Waals surface area contributed by atoms with Gasteiger partial charge >= 0.3 is 0 Å². The Hall–Kier alpha value is -1.91. The molecule has 0 unspecified atom stereocenters. The summed E-state index contributed by atoms with van der Waals surface area (Å²) in [5.74, 6) is 0.848. The lowest BCUT2D eigenvalue weighted by molar-refractivity contribution is 0.123. The molecule has 2 aromatic rings. The zero-order valence-electron chi connectivity index (χ0n) is 10.6. The fourth-order valence-electron chi connectivity index (χ4n) is 1.65. The monoisotopic (exact) mass is 232 g/mol. The number of oxime groups is 1. The van der Waals surface area contributed by atoms with Crippen LogP contribution in [-0.4, -0.2) is 20.2 Å². The van der Waals surface area contributed by atoms with E-state index in [0.29, 0.717) is 6.61 Å². The van der Waals surface area contributed by atoms with E-state index in [1.807, 2.05) is 38.5 Å². The molecule has 17 heavy (non-hydrogen) atoms. The SMILES string of the molecule is CC(C)=NOCc1nc2c(C)nccc2n1C. The zero-order chi connectivity index (χ0) is 12.4. The number of pyridine rings is 1. The third-order valence-corrected chi connectivity index (χ3v) is 2.52. The van der Waals surface area contributed by atoms with Crippen LogP contribution in [0.1, 0.15) is 25.4 Å². The molecule has 5 nitrogen and oxygen atoms in total. The number of hydrogen-bond acceptors (Lipinski definition) is 4. The van der Waals surface area contributed by atoms with E-state index in [4.69, 9.17) is 4.84 Å². The molecule has 0 saturated carbocycles. The first-order valence-electron chi connectivity index (χ1n) is 5.49. The average Bonchev–Trinajstić information content (AvgIpc) is 2.58. The van der Waals surface area contributed by atoms with Crippen molar-refractivity contribution in [1.29, 1.82) is 0 Å². The Morgan fingerprint density at radius 2 is 2.24 bits per heavy atom. The molecule has 0 spiro atoms. The van der Waals surface area contributed by atoms with Crippen molar-refractivity contribution in [3.8, 4) is 0 Å². The molecule has 0 amide bonds. The molecule has 0 saturated heterocycles. The number of aromatic nitrogens is 3. The first-order chi connectivity index (χ1) is 8.09. The summed E-state index contributed by atoms with van der Waals surface area (Å²) in [7, 11) is 1.97. The van der Waals surface area contributed by atoms with Gasteiger partial charge in [-0.05, 0) is 26.8 Å². The van der Waals surface area contributed by atoms with Gasteiger partial charge in [-0.1, -0.05) is 5.16 Å². The highest BCUT2D eigenvalue weighted by Crippen LogP contribution is 2.17. The molecular weight excluding hydrogens is 216 g/mol. The molecule has 0 N–H and O–H groups in total. The number of hydrogen-bond donors (Lipinski definition) is 0. The fraction of sp³-hybridized carbons (Fsp3) is 0.417. The lowest BCUT2D eigenvalue weighted by Gasteiger charge is -2.01. The Bertz CT molecular complexity index is 567. The Morgan fingerprint density at radius 1 is 1.47 bits per heavy atom. The fourth-order valence-corrected chi connectivity index (χ4v) is 1.65. The molecule has 0 atom stereocenters. The van der Waals surface area contributed by atoms with Crippen molar-refractivity contribution in [2.24, 2.45) is 12.2 Å². The van der Waals surface area contributed by atoms with E-state index < -0.39 is 0 Å². The molecule has 0 fully saturated rings. The average molecular weight is 232 g/mol. The number of fused-ring (bicyclic) bond motifs is 1. The maximum absolute atomic E-state index is 5.22. The van der Waals surface area contributed by atoms with E-state index in [0.717, 1.165) is 28.3 Å². The van der Waals surface area contributed by atoms with E-state index >= 15 is 0 Å². The van der Waals surface area contributed by atoms with Crippen molar-refractivity contribution in [1.82, 2.24) is 14.5 Å². The summed E-state index contributed by atoms with van der Waals surface area (Å²) < 4.78 is 2.00. The van der Waals surface area contributed by atoms with E-state index in [1.165, 1.54) is 0 Å². The van der Waals surface area contributed by atoms with Crippen molar-refractivity contribution in [2.75, 3.05) is 0 Å². The summed E-state index contributed by atoms with van der Waals surface area (Å²) in [6, 6.07) is 1.95. The van der Waals surface area contributed by atoms with Gasteiger partial charge in [-0.2, -0.15) is 0 Å². The van der Waals surface area contributed by atoms with Crippen LogP contribution in [0.2, 0.25) is 0 Å². The third kappa shape index (κ3) is 2.27. The smallest absolute Gasteiger partial charge is 0.174 e. The first kappa shape index (κ1) is 11.6. The molecular formula is C12H16N4O. The summed E-state index contributed by atoms with van der Waals surface area (Å²) in [6.07, 6.45) is 1.79. The van der Waals surface area contributed by atoms with Crippen LogP contribution < -0.4 is 0 Å². The number of aryl methyl sites for hydroxylation is 2. The topological polar surface area (TPSA) is 52.3 Å². The molecule has 5 heteroatoms. The van der Waals surface area contributed by atoms with Crippen LogP contribution >= 0.6 is 0 Å². The summed E-state index contributed by atoms with van der Waals surface area (Å²) in [5, 5.41) is 3.90. The standard InChI is InChI=1S/C12H16N4O/c1-8(2)15-17-7-11-14-12-9(3)13-6-5-10(12)16(11)4/h5-6H,7H2,1-4H3. The Balaban J connectivity index is 2.33. The zero-order valence-corrected chi connectivity index (χ0v) is 10.6. The van der Waals surface area contributed by atoms with Gasteiger partial charge in [0.15, 0.2) is 12.4 Å². The second-order valence-electron chi connectivity index (χ2n) is 4.16. The van der Waals surface area contributed by atoms with Gasteiger partial charge in [0.2, 0.25) is 0 Å². The highest BCUT2D eigenvalue weighted by atomic mass is 16.6. The second kappa shape index (κ2) is 4.53. The van der Waals surface area contributed by atoms with Gasteiger partial charge in [-0.15, -0.1) is 0 Å². The van der Waals surface area contributed by atoms with Crippen molar-refractivity contribution in [3.05, 3.63) is 23.8 Å². The van der Waals surface area contributed by atoms with Gasteiger partial charge in [0.25, 0.3) is 0 Å². The van der Waals surface area contributed by atoms with Gasteiger partial charge in [0.05, 0.1) is 16.9 Å². The van der Waals surface area contributed by atoms with E-state index in [1.54, 1.807) is 6.20 Å². The minimum absolute atomic E-state index is 0.371. The third-order valence-electron chi connectivity index (χ3n) is 2.52. The van der Waals surface area contributed by atoms with Crippen LogP contribution in [0.15, 0.2) is 17.4 Å². The molecule has 0 aliphatic carbocycles. The molecule has 0 radical (unpaired) electrons. The van der Waals surface area contributed by atoms with Gasteiger partial charge < -0.3 is 9.40 Å². The highest BCUT2D eigenvalue weighted by molar-refractivity contribution is 5.78.